The summed E-state index contributed by atoms with van der Waals surface area (Å²) in [6.45, 7) is 3.87. The molecule has 30 heavy (non-hydrogen) atoms. The van der Waals surface area contributed by atoms with Gasteiger partial charge in [-0.2, -0.15) is 13.2 Å². The molecule has 3 rings (SSSR count). The summed E-state index contributed by atoms with van der Waals surface area (Å²) in [6.07, 6.45) is 3.43. The number of hydrogen-bond donors (Lipinski definition) is 2. The van der Waals surface area contributed by atoms with E-state index >= 15 is 0 Å². The molecule has 1 aromatic rings. The summed E-state index contributed by atoms with van der Waals surface area (Å²) < 4.78 is 41.6. The van der Waals surface area contributed by atoms with Crippen molar-refractivity contribution >= 4 is 29.9 Å². The molecule has 0 spiro atoms. The molecule has 10 heteroatoms. The van der Waals surface area contributed by atoms with Crippen LogP contribution in [0.25, 0.3) is 0 Å². The number of alkyl halides is 3. The number of likely N-dealkylation sites (tertiary alicyclic amines) is 1. The summed E-state index contributed by atoms with van der Waals surface area (Å²) in [5.41, 5.74) is 0.744. The van der Waals surface area contributed by atoms with Gasteiger partial charge in [-0.3, -0.25) is 4.90 Å². The molecular formula is C20H31F3IN5O. The largest absolute Gasteiger partial charge is 0.468 e. The molecule has 2 aliphatic rings. The van der Waals surface area contributed by atoms with Gasteiger partial charge in [0.25, 0.3) is 0 Å². The van der Waals surface area contributed by atoms with Gasteiger partial charge in [-0.15, -0.1) is 24.0 Å². The average molecular weight is 541 g/mol. The maximum Gasteiger partial charge on any atom is 0.422 e. The molecule has 1 saturated heterocycles. The van der Waals surface area contributed by atoms with Gasteiger partial charge in [0.2, 0.25) is 5.88 Å². The minimum absolute atomic E-state index is 0. The zero-order valence-electron chi connectivity index (χ0n) is 17.2. The van der Waals surface area contributed by atoms with Crippen molar-refractivity contribution in [1.29, 1.82) is 0 Å². The Labute approximate surface area is 193 Å². The zero-order valence-corrected chi connectivity index (χ0v) is 19.6. The lowest BCUT2D eigenvalue weighted by atomic mass is 10.2. The van der Waals surface area contributed by atoms with Crippen LogP contribution in [0.5, 0.6) is 5.88 Å². The fourth-order valence-electron chi connectivity index (χ4n) is 3.97. The van der Waals surface area contributed by atoms with Gasteiger partial charge in [-0.05, 0) is 37.8 Å². The van der Waals surface area contributed by atoms with Gasteiger partial charge in [0.05, 0.1) is 6.54 Å². The van der Waals surface area contributed by atoms with Crippen molar-refractivity contribution in [3.05, 3.63) is 23.9 Å². The summed E-state index contributed by atoms with van der Waals surface area (Å²) in [5.74, 6) is 0.677. The first-order valence-electron chi connectivity index (χ1n) is 10.4. The second-order valence-corrected chi connectivity index (χ2v) is 7.66. The highest BCUT2D eigenvalue weighted by Crippen LogP contribution is 2.26. The predicted octanol–water partition coefficient (Wildman–Crippen LogP) is 3.71. The summed E-state index contributed by atoms with van der Waals surface area (Å²) in [6, 6.07) is 4.31. The van der Waals surface area contributed by atoms with E-state index in [1.54, 1.807) is 6.07 Å². The number of pyridine rings is 1. The summed E-state index contributed by atoms with van der Waals surface area (Å²) in [4.78, 5) is 11.0. The van der Waals surface area contributed by atoms with Gasteiger partial charge < -0.3 is 15.4 Å². The van der Waals surface area contributed by atoms with E-state index < -0.39 is 12.8 Å². The topological polar surface area (TPSA) is 61.8 Å². The minimum Gasteiger partial charge on any atom is -0.468 e. The number of aromatic nitrogens is 1. The highest BCUT2D eigenvalue weighted by atomic mass is 127. The van der Waals surface area contributed by atoms with Crippen molar-refractivity contribution in [1.82, 2.24) is 20.5 Å². The minimum atomic E-state index is -4.38. The highest BCUT2D eigenvalue weighted by molar-refractivity contribution is 14.0. The predicted molar refractivity (Wildman–Crippen MR) is 121 cm³/mol. The van der Waals surface area contributed by atoms with Crippen LogP contribution in [0.3, 0.4) is 0 Å². The van der Waals surface area contributed by atoms with Gasteiger partial charge in [0, 0.05) is 44.0 Å². The van der Waals surface area contributed by atoms with E-state index in [2.05, 4.69) is 25.5 Å². The van der Waals surface area contributed by atoms with Gasteiger partial charge >= 0.3 is 6.18 Å². The van der Waals surface area contributed by atoms with Crippen molar-refractivity contribution in [2.45, 2.75) is 63.8 Å². The molecule has 1 saturated carbocycles. The Kier molecular flexibility index (Phi) is 9.92. The summed E-state index contributed by atoms with van der Waals surface area (Å²) in [5, 5.41) is 6.75. The van der Waals surface area contributed by atoms with Gasteiger partial charge in [0.1, 0.15) is 0 Å². The first kappa shape index (κ1) is 25.0. The van der Waals surface area contributed by atoms with Crippen LogP contribution in [0.2, 0.25) is 0 Å². The van der Waals surface area contributed by atoms with Crippen LogP contribution in [0.1, 0.15) is 44.6 Å². The molecule has 1 unspecified atom stereocenters. The quantitative estimate of drug-likeness (QED) is 0.313. The first-order valence-corrected chi connectivity index (χ1v) is 10.4. The molecule has 2 N–H and O–H groups in total. The lowest BCUT2D eigenvalue weighted by molar-refractivity contribution is -0.154. The van der Waals surface area contributed by atoms with E-state index in [4.69, 9.17) is 4.74 Å². The number of rotatable bonds is 7. The molecule has 170 valence electrons. The Balaban J connectivity index is 0.00000320. The molecule has 0 bridgehead atoms. The standard InChI is InChI=1S/C20H30F3N5O.HI/c1-2-24-19(27-16-8-10-28(13-16)17-5-3-4-6-17)26-12-15-7-9-25-18(11-15)29-14-20(21,22)23;/h7,9,11,16-17H,2-6,8,10,12-14H2,1H3,(H2,24,26,27);1H. The van der Waals surface area contributed by atoms with E-state index in [9.17, 15) is 13.2 Å². The van der Waals surface area contributed by atoms with E-state index in [0.717, 1.165) is 43.6 Å². The Morgan fingerprint density at radius 2 is 2.07 bits per heavy atom. The Morgan fingerprint density at radius 3 is 2.77 bits per heavy atom. The molecule has 1 aromatic heterocycles. The van der Waals surface area contributed by atoms with Crippen LogP contribution in [-0.4, -0.2) is 60.3 Å². The number of nitrogens with one attached hydrogen (secondary N) is 2. The molecule has 0 aromatic carbocycles. The highest BCUT2D eigenvalue weighted by Gasteiger charge is 2.30. The maximum atomic E-state index is 12.3. The third-order valence-electron chi connectivity index (χ3n) is 5.35. The number of halogens is 4. The number of guanidine groups is 1. The van der Waals surface area contributed by atoms with Gasteiger partial charge in [-0.1, -0.05) is 12.8 Å². The Morgan fingerprint density at radius 1 is 1.30 bits per heavy atom. The second-order valence-electron chi connectivity index (χ2n) is 7.66. The van der Waals surface area contributed by atoms with Crippen molar-refractivity contribution in [3.8, 4) is 5.88 Å². The molecule has 2 fully saturated rings. The van der Waals surface area contributed by atoms with Gasteiger partial charge in [0.15, 0.2) is 12.6 Å². The summed E-state index contributed by atoms with van der Waals surface area (Å²) in [7, 11) is 0. The monoisotopic (exact) mass is 541 g/mol. The van der Waals surface area contributed by atoms with E-state index in [0.29, 0.717) is 12.6 Å². The summed E-state index contributed by atoms with van der Waals surface area (Å²) >= 11 is 0. The van der Waals surface area contributed by atoms with E-state index in [1.165, 1.54) is 37.9 Å². The molecular weight excluding hydrogens is 510 g/mol. The van der Waals surface area contributed by atoms with E-state index in [-0.39, 0.29) is 29.9 Å². The average Bonchev–Trinajstić information content (AvgIpc) is 3.36. The number of nitrogens with zero attached hydrogens (tertiary/aromatic N) is 3. The number of aliphatic imine (C=N–C) groups is 1. The molecule has 1 aliphatic heterocycles. The molecule has 6 nitrogen and oxygen atoms in total. The van der Waals surface area contributed by atoms with Crippen LogP contribution in [0, 0.1) is 0 Å². The van der Waals surface area contributed by atoms with Crippen LogP contribution in [0.4, 0.5) is 13.2 Å². The Bertz CT molecular complexity index is 683. The molecule has 0 amide bonds. The lowest BCUT2D eigenvalue weighted by Gasteiger charge is -2.24. The van der Waals surface area contributed by atoms with Crippen molar-refractivity contribution in [2.24, 2.45) is 4.99 Å². The van der Waals surface area contributed by atoms with Crippen LogP contribution in [0.15, 0.2) is 23.3 Å². The lowest BCUT2D eigenvalue weighted by Crippen LogP contribution is -2.45. The molecule has 0 radical (unpaired) electrons. The van der Waals surface area contributed by atoms with Gasteiger partial charge in [-0.25, -0.2) is 9.98 Å². The maximum absolute atomic E-state index is 12.3. The van der Waals surface area contributed by atoms with Crippen LogP contribution in [-0.2, 0) is 6.54 Å². The molecule has 2 heterocycles. The third-order valence-corrected chi connectivity index (χ3v) is 5.35. The van der Waals surface area contributed by atoms with Crippen molar-refractivity contribution < 1.29 is 17.9 Å². The molecule has 1 atom stereocenters. The van der Waals surface area contributed by atoms with Crippen LogP contribution >= 0.6 is 24.0 Å². The number of ether oxygens (including phenoxy) is 1. The smallest absolute Gasteiger partial charge is 0.422 e. The third kappa shape index (κ3) is 8.09. The number of hydrogen-bond acceptors (Lipinski definition) is 4. The first-order chi connectivity index (χ1) is 13.9. The SMILES string of the molecule is CCNC(=NCc1ccnc(OCC(F)(F)F)c1)NC1CCN(C2CCCC2)C1.I. The normalized spacial score (nSPS) is 20.8. The van der Waals surface area contributed by atoms with Crippen molar-refractivity contribution in [2.75, 3.05) is 26.2 Å². The Hall–Kier alpha value is -1.30. The molecule has 1 aliphatic carbocycles. The fraction of sp³-hybridized carbons (Fsp3) is 0.700. The van der Waals surface area contributed by atoms with Crippen LogP contribution < -0.4 is 15.4 Å². The van der Waals surface area contributed by atoms with E-state index in [1.807, 2.05) is 6.92 Å². The zero-order chi connectivity index (χ0) is 20.7. The second kappa shape index (κ2) is 11.9. The van der Waals surface area contributed by atoms with Crippen molar-refractivity contribution in [3.63, 3.8) is 0 Å². The fourth-order valence-corrected chi connectivity index (χ4v) is 3.97.